The number of anilines is 2. The summed E-state index contributed by atoms with van der Waals surface area (Å²) in [5, 5.41) is 14.6. The maximum atomic E-state index is 12.5. The molecule has 152 valence electrons. The second-order valence-corrected chi connectivity index (χ2v) is 7.46. The summed E-state index contributed by atoms with van der Waals surface area (Å²) in [4.78, 5) is 44.7. The van der Waals surface area contributed by atoms with Gasteiger partial charge in [-0.2, -0.15) is 4.98 Å². The summed E-state index contributed by atoms with van der Waals surface area (Å²) in [5.41, 5.74) is 2.40. The van der Waals surface area contributed by atoms with Crippen molar-refractivity contribution in [1.29, 1.82) is 0 Å². The van der Waals surface area contributed by atoms with E-state index in [-0.39, 0.29) is 42.3 Å². The van der Waals surface area contributed by atoms with Crippen LogP contribution in [0.15, 0.2) is 24.4 Å². The fourth-order valence-corrected chi connectivity index (χ4v) is 3.93. The lowest BCUT2D eigenvalue weighted by molar-refractivity contribution is -0.133. The van der Waals surface area contributed by atoms with Crippen molar-refractivity contribution in [2.45, 2.75) is 38.0 Å². The minimum absolute atomic E-state index is 0.0192. The second-order valence-electron chi connectivity index (χ2n) is 7.46. The van der Waals surface area contributed by atoms with Crippen LogP contribution < -0.4 is 15.5 Å². The van der Waals surface area contributed by atoms with E-state index in [0.29, 0.717) is 5.69 Å². The van der Waals surface area contributed by atoms with Gasteiger partial charge in [0.25, 0.3) is 5.91 Å². The Kier molecular flexibility index (Phi) is 5.20. The molecule has 3 amide bonds. The Morgan fingerprint density at radius 1 is 1.14 bits per heavy atom. The van der Waals surface area contributed by atoms with Crippen molar-refractivity contribution in [3.63, 3.8) is 0 Å². The van der Waals surface area contributed by atoms with Gasteiger partial charge in [-0.25, -0.2) is 0 Å². The van der Waals surface area contributed by atoms with Crippen molar-refractivity contribution in [1.82, 2.24) is 15.3 Å². The Balaban J connectivity index is 1.64. The lowest BCUT2D eigenvalue weighted by Crippen LogP contribution is -2.37. The first-order chi connectivity index (χ1) is 14.0. The third kappa shape index (κ3) is 4.23. The molecule has 0 spiro atoms. The molecule has 9 nitrogen and oxygen atoms in total. The molecule has 2 aromatic rings. The van der Waals surface area contributed by atoms with Crippen LogP contribution in [0.5, 0.6) is 5.88 Å². The number of rotatable bonds is 4. The molecule has 4 rings (SSSR count). The first-order valence-electron chi connectivity index (χ1n) is 9.77. The van der Waals surface area contributed by atoms with Gasteiger partial charge in [0, 0.05) is 31.8 Å². The zero-order valence-electron chi connectivity index (χ0n) is 15.9. The van der Waals surface area contributed by atoms with Crippen molar-refractivity contribution in [2.24, 2.45) is 0 Å². The molecule has 0 aliphatic carbocycles. The quantitative estimate of drug-likeness (QED) is 0.584. The molecule has 1 aromatic heterocycles. The Bertz CT molecular complexity index is 932. The lowest BCUT2D eigenvalue weighted by atomic mass is 9.88. The van der Waals surface area contributed by atoms with Crippen molar-refractivity contribution in [3.05, 3.63) is 35.8 Å². The van der Waals surface area contributed by atoms with Crippen LogP contribution in [0.25, 0.3) is 0 Å². The fraction of sp³-hybridized carbons (Fsp3) is 0.400. The van der Waals surface area contributed by atoms with Crippen molar-refractivity contribution >= 4 is 29.1 Å². The van der Waals surface area contributed by atoms with E-state index >= 15 is 0 Å². The number of piperidine rings is 2. The highest BCUT2D eigenvalue weighted by Crippen LogP contribution is 2.35. The van der Waals surface area contributed by atoms with Gasteiger partial charge in [-0.15, -0.1) is 0 Å². The molecule has 2 fully saturated rings. The number of H-pyrrole nitrogens is 1. The minimum Gasteiger partial charge on any atom is -0.492 e. The number of amides is 3. The summed E-state index contributed by atoms with van der Waals surface area (Å²) in [6.45, 7) is 1.75. The number of hydrogen-bond acceptors (Lipinski definition) is 6. The Hall–Kier alpha value is -3.36. The summed E-state index contributed by atoms with van der Waals surface area (Å²) in [7, 11) is 0. The lowest BCUT2D eigenvalue weighted by Gasteiger charge is -2.32. The highest BCUT2D eigenvalue weighted by Gasteiger charge is 2.27. The number of carbonyl (C=O) groups excluding carboxylic acids is 3. The second kappa shape index (κ2) is 7.94. The molecule has 0 atom stereocenters. The molecule has 4 N–H and O–H groups in total. The van der Waals surface area contributed by atoms with Gasteiger partial charge in [0.2, 0.25) is 17.7 Å². The van der Waals surface area contributed by atoms with E-state index in [1.54, 1.807) is 6.07 Å². The molecule has 0 saturated carbocycles. The summed E-state index contributed by atoms with van der Waals surface area (Å²) < 4.78 is 0. The van der Waals surface area contributed by atoms with Crippen LogP contribution in [-0.2, 0) is 9.59 Å². The average Bonchev–Trinajstić information content (AvgIpc) is 3.15. The number of benzene rings is 1. The highest BCUT2D eigenvalue weighted by molar-refractivity contribution is 6.04. The molecular weight excluding hydrogens is 374 g/mol. The normalized spacial score (nSPS) is 17.9. The van der Waals surface area contributed by atoms with E-state index in [1.165, 1.54) is 12.6 Å². The number of aromatic nitrogens is 2. The van der Waals surface area contributed by atoms with Gasteiger partial charge >= 0.3 is 0 Å². The van der Waals surface area contributed by atoms with Crippen molar-refractivity contribution < 1.29 is 19.5 Å². The topological polar surface area (TPSA) is 127 Å². The molecule has 29 heavy (non-hydrogen) atoms. The van der Waals surface area contributed by atoms with E-state index in [1.807, 2.05) is 12.1 Å². The number of nitrogens with one attached hydrogen (secondary N) is 3. The summed E-state index contributed by atoms with van der Waals surface area (Å²) >= 11 is 0. The van der Waals surface area contributed by atoms with Gasteiger partial charge in [0.05, 0.1) is 17.6 Å². The van der Waals surface area contributed by atoms with Crippen LogP contribution in [-0.4, -0.2) is 45.9 Å². The van der Waals surface area contributed by atoms with Crippen LogP contribution in [0.1, 0.15) is 54.2 Å². The molecule has 0 bridgehead atoms. The number of nitrogens with zero attached hydrogens (tertiary/aromatic N) is 2. The third-order valence-corrected chi connectivity index (χ3v) is 5.36. The Morgan fingerprint density at radius 3 is 2.52 bits per heavy atom. The van der Waals surface area contributed by atoms with Gasteiger partial charge < -0.3 is 20.3 Å². The Morgan fingerprint density at radius 2 is 1.86 bits per heavy atom. The summed E-state index contributed by atoms with van der Waals surface area (Å²) in [5.74, 6) is -1.38. The third-order valence-electron chi connectivity index (χ3n) is 5.36. The smallest absolute Gasteiger partial charge is 0.291 e. The van der Waals surface area contributed by atoms with Crippen LogP contribution in [0.4, 0.5) is 11.4 Å². The number of imide groups is 1. The standard InChI is InChI=1S/C20H23N5O4/c26-16-9-13(10-17(27)23-16)12-4-5-14(15(8-12)25-6-2-1-3-7-25)22-20(29)19-21-11-18(28)24-19/h4-5,8,11,13,28H,1-3,6-7,9-10H2,(H,21,24)(H,22,29)(H,23,26,27). The average molecular weight is 397 g/mol. The fourth-order valence-electron chi connectivity index (χ4n) is 3.93. The summed E-state index contributed by atoms with van der Waals surface area (Å²) in [6.07, 6.45) is 5.07. The molecule has 1 aromatic carbocycles. The summed E-state index contributed by atoms with van der Waals surface area (Å²) in [6, 6.07) is 5.62. The largest absolute Gasteiger partial charge is 0.492 e. The molecule has 2 aliphatic heterocycles. The number of carbonyl (C=O) groups is 3. The van der Waals surface area contributed by atoms with Gasteiger partial charge in [-0.05, 0) is 37.0 Å². The van der Waals surface area contributed by atoms with Crippen LogP contribution in [0, 0.1) is 0 Å². The number of aromatic hydroxyl groups is 1. The number of hydrogen-bond donors (Lipinski definition) is 4. The van der Waals surface area contributed by atoms with E-state index in [2.05, 4.69) is 25.5 Å². The van der Waals surface area contributed by atoms with Gasteiger partial charge in [-0.1, -0.05) is 6.07 Å². The number of imidazole rings is 1. The van der Waals surface area contributed by atoms with Crippen LogP contribution in [0.3, 0.4) is 0 Å². The van der Waals surface area contributed by atoms with Crippen molar-refractivity contribution in [2.75, 3.05) is 23.3 Å². The monoisotopic (exact) mass is 397 g/mol. The zero-order valence-corrected chi connectivity index (χ0v) is 15.9. The minimum atomic E-state index is -0.455. The van der Waals surface area contributed by atoms with Gasteiger partial charge in [0.15, 0.2) is 5.82 Å². The van der Waals surface area contributed by atoms with Crippen LogP contribution in [0.2, 0.25) is 0 Å². The molecule has 2 saturated heterocycles. The first kappa shape index (κ1) is 19.0. The van der Waals surface area contributed by atoms with E-state index < -0.39 is 5.91 Å². The molecular formula is C20H23N5O4. The van der Waals surface area contributed by atoms with Crippen molar-refractivity contribution in [3.8, 4) is 5.88 Å². The zero-order chi connectivity index (χ0) is 20.4. The molecule has 2 aliphatic rings. The molecule has 3 heterocycles. The Labute approximate surface area is 167 Å². The predicted molar refractivity (Wildman–Crippen MR) is 106 cm³/mol. The van der Waals surface area contributed by atoms with E-state index in [4.69, 9.17) is 0 Å². The highest BCUT2D eigenvalue weighted by atomic mass is 16.3. The first-order valence-corrected chi connectivity index (χ1v) is 9.77. The van der Waals surface area contributed by atoms with Gasteiger partial charge in [-0.3, -0.25) is 19.7 Å². The van der Waals surface area contributed by atoms with E-state index in [9.17, 15) is 19.5 Å². The van der Waals surface area contributed by atoms with Crippen LogP contribution >= 0.6 is 0 Å². The molecule has 9 heteroatoms. The van der Waals surface area contributed by atoms with E-state index in [0.717, 1.165) is 37.2 Å². The molecule has 0 unspecified atom stereocenters. The molecule has 0 radical (unpaired) electrons. The predicted octanol–water partition coefficient (Wildman–Crippen LogP) is 1.88. The SMILES string of the molecule is O=C1CC(c2ccc(NC(=O)c3nc(O)c[nH]3)c(N3CCCCC3)c2)CC(=O)N1. The van der Waals surface area contributed by atoms with Gasteiger partial charge in [0.1, 0.15) is 0 Å². The maximum Gasteiger partial charge on any atom is 0.291 e. The maximum absolute atomic E-state index is 12.5. The number of aromatic amines is 1.